The number of nitrogens with one attached hydrogen (secondary N) is 2. The highest BCUT2D eigenvalue weighted by Crippen LogP contribution is 2.03. The molecule has 9 heteroatoms. The van der Waals surface area contributed by atoms with Gasteiger partial charge < -0.3 is 10.7 Å². The van der Waals surface area contributed by atoms with Crippen molar-refractivity contribution in [1.29, 1.82) is 0 Å². The molecule has 8 nitrogen and oxygen atoms in total. The molecule has 1 heterocycles. The molecule has 0 spiro atoms. The van der Waals surface area contributed by atoms with Gasteiger partial charge in [0.25, 0.3) is 10.0 Å². The summed E-state index contributed by atoms with van der Waals surface area (Å²) in [6.07, 6.45) is 0.998. The molecular formula is C7H9N3O5S. The molecule has 0 atom stereocenters. The number of aromatic nitrogens is 1. The fourth-order valence-electron chi connectivity index (χ4n) is 0.790. The van der Waals surface area contributed by atoms with E-state index in [0.717, 1.165) is 18.3 Å². The van der Waals surface area contributed by atoms with Gasteiger partial charge in [-0.2, -0.15) is 0 Å². The Morgan fingerprint density at radius 2 is 2.19 bits per heavy atom. The van der Waals surface area contributed by atoms with Crippen LogP contribution in [0.1, 0.15) is 0 Å². The molecule has 0 unspecified atom stereocenters. The van der Waals surface area contributed by atoms with Crippen LogP contribution in [0.4, 0.5) is 0 Å². The number of primary amides is 1. The van der Waals surface area contributed by atoms with Crippen LogP contribution in [0, 0.1) is 0 Å². The Kier molecular flexibility index (Phi) is 3.77. The van der Waals surface area contributed by atoms with Gasteiger partial charge in [-0.25, -0.2) is 8.42 Å². The van der Waals surface area contributed by atoms with Crippen molar-refractivity contribution >= 4 is 15.9 Å². The number of amides is 1. The van der Waals surface area contributed by atoms with Gasteiger partial charge in [0.15, 0.2) is 0 Å². The number of hydrogen-bond acceptors (Lipinski definition) is 5. The molecule has 1 rings (SSSR count). The van der Waals surface area contributed by atoms with Crippen LogP contribution in [-0.2, 0) is 19.7 Å². The van der Waals surface area contributed by atoms with Crippen LogP contribution < -0.4 is 16.2 Å². The van der Waals surface area contributed by atoms with E-state index in [1.165, 1.54) is 0 Å². The number of nitrogens with two attached hydrogens (primary N) is 1. The van der Waals surface area contributed by atoms with Gasteiger partial charge in [-0.05, 0) is 6.07 Å². The number of carbonyl (C=O) groups is 1. The largest absolute Gasteiger partial charge is 0.368 e. The number of carbonyl (C=O) groups excluding carboxylic acids is 1. The normalized spacial score (nSPS) is 11.2. The fraction of sp³-hybridized carbons (Fsp3) is 0.143. The third-order valence-electron chi connectivity index (χ3n) is 1.45. The first-order chi connectivity index (χ1) is 7.42. The van der Waals surface area contributed by atoms with E-state index in [9.17, 15) is 18.0 Å². The average molecular weight is 247 g/mol. The van der Waals surface area contributed by atoms with E-state index in [2.05, 4.69) is 9.82 Å². The minimum Gasteiger partial charge on any atom is -0.368 e. The Morgan fingerprint density at radius 1 is 1.50 bits per heavy atom. The van der Waals surface area contributed by atoms with E-state index < -0.39 is 28.1 Å². The predicted octanol–water partition coefficient (Wildman–Crippen LogP) is -1.93. The fourth-order valence-corrected chi connectivity index (χ4v) is 1.56. The summed E-state index contributed by atoms with van der Waals surface area (Å²) in [6.45, 7) is -0.581. The first-order valence-electron chi connectivity index (χ1n) is 4.02. The molecule has 1 aromatic heterocycles. The summed E-state index contributed by atoms with van der Waals surface area (Å²) < 4.78 is 22.8. The molecule has 4 N–H and O–H groups in total. The Hall–Kier alpha value is -1.71. The molecule has 1 amide bonds. The van der Waals surface area contributed by atoms with E-state index in [-0.39, 0.29) is 4.90 Å². The zero-order valence-electron chi connectivity index (χ0n) is 7.97. The molecule has 0 bridgehead atoms. The Labute approximate surface area is 90.4 Å². The van der Waals surface area contributed by atoms with Crippen molar-refractivity contribution in [1.82, 2.24) is 9.87 Å². The van der Waals surface area contributed by atoms with E-state index in [1.54, 1.807) is 4.89 Å². The number of sulfonamides is 1. The van der Waals surface area contributed by atoms with Crippen LogP contribution in [-0.4, -0.2) is 25.9 Å². The molecular weight excluding hydrogens is 238 g/mol. The lowest BCUT2D eigenvalue weighted by molar-refractivity contribution is -0.123. The highest BCUT2D eigenvalue weighted by molar-refractivity contribution is 7.89. The van der Waals surface area contributed by atoms with Crippen LogP contribution in [0.5, 0.6) is 0 Å². The van der Waals surface area contributed by atoms with Crippen LogP contribution in [0.25, 0.3) is 0 Å². The highest BCUT2D eigenvalue weighted by atomic mass is 32.2. The molecule has 0 saturated carbocycles. The summed E-state index contributed by atoms with van der Waals surface area (Å²) in [5.74, 6) is -0.816. The number of pyridine rings is 1. The van der Waals surface area contributed by atoms with Crippen molar-refractivity contribution in [2.75, 3.05) is 6.61 Å². The second-order valence-corrected chi connectivity index (χ2v) is 4.38. The van der Waals surface area contributed by atoms with Gasteiger partial charge in [0.2, 0.25) is 11.5 Å². The number of rotatable bonds is 5. The Bertz CT molecular complexity index is 515. The summed E-state index contributed by atoms with van der Waals surface area (Å²) >= 11 is 0. The lowest BCUT2D eigenvalue weighted by atomic mass is 10.5. The molecule has 0 aromatic carbocycles. The van der Waals surface area contributed by atoms with Crippen LogP contribution in [0.3, 0.4) is 0 Å². The minimum absolute atomic E-state index is 0.198. The van der Waals surface area contributed by atoms with Crippen molar-refractivity contribution in [3.8, 4) is 0 Å². The van der Waals surface area contributed by atoms with Crippen LogP contribution >= 0.6 is 0 Å². The molecule has 16 heavy (non-hydrogen) atoms. The first kappa shape index (κ1) is 12.4. The minimum atomic E-state index is -3.92. The third-order valence-corrected chi connectivity index (χ3v) is 2.66. The van der Waals surface area contributed by atoms with Crippen molar-refractivity contribution in [2.45, 2.75) is 4.90 Å². The van der Waals surface area contributed by atoms with Crippen molar-refractivity contribution < 1.29 is 18.0 Å². The van der Waals surface area contributed by atoms with Crippen molar-refractivity contribution in [3.63, 3.8) is 0 Å². The summed E-state index contributed by atoms with van der Waals surface area (Å²) in [4.78, 5) is 29.0. The maximum absolute atomic E-state index is 11.4. The van der Waals surface area contributed by atoms with Crippen LogP contribution in [0.2, 0.25) is 0 Å². The van der Waals surface area contributed by atoms with E-state index in [4.69, 9.17) is 5.73 Å². The topological polar surface area (TPSA) is 131 Å². The summed E-state index contributed by atoms with van der Waals surface area (Å²) in [6, 6.07) is 2.14. The van der Waals surface area contributed by atoms with Crippen LogP contribution in [0.15, 0.2) is 28.0 Å². The molecule has 88 valence electrons. The van der Waals surface area contributed by atoms with E-state index in [0.29, 0.717) is 0 Å². The van der Waals surface area contributed by atoms with Gasteiger partial charge in [-0.1, -0.05) is 4.89 Å². The van der Waals surface area contributed by atoms with Crippen molar-refractivity contribution in [2.24, 2.45) is 5.73 Å². The Balaban J connectivity index is 2.74. The smallest absolute Gasteiger partial charge is 0.263 e. The number of hydrogen-bond donors (Lipinski definition) is 3. The molecule has 0 radical (unpaired) electrons. The standard InChI is InChI=1S/C7H9N3O5S/c8-6(11)4-15-10-16(13,14)5-1-2-7(12)9-3-5/h1-3,10H,4H2,(H2,8,11)(H,9,12). The molecule has 0 fully saturated rings. The molecule has 0 aliphatic rings. The van der Waals surface area contributed by atoms with Gasteiger partial charge in [0, 0.05) is 12.3 Å². The molecule has 1 aromatic rings. The average Bonchev–Trinajstić information content (AvgIpc) is 2.17. The van der Waals surface area contributed by atoms with Gasteiger partial charge in [-0.15, -0.1) is 0 Å². The molecule has 0 aliphatic carbocycles. The second-order valence-electron chi connectivity index (χ2n) is 2.73. The number of H-pyrrole nitrogens is 1. The lowest BCUT2D eigenvalue weighted by Crippen LogP contribution is -2.29. The first-order valence-corrected chi connectivity index (χ1v) is 5.51. The Morgan fingerprint density at radius 3 is 2.69 bits per heavy atom. The maximum atomic E-state index is 11.4. The summed E-state index contributed by atoms with van der Waals surface area (Å²) in [5.41, 5.74) is 4.30. The second kappa shape index (κ2) is 4.88. The van der Waals surface area contributed by atoms with Gasteiger partial charge >= 0.3 is 0 Å². The van der Waals surface area contributed by atoms with Gasteiger partial charge in [0.1, 0.15) is 11.5 Å². The molecule has 0 aliphatic heterocycles. The van der Waals surface area contributed by atoms with Crippen molar-refractivity contribution in [3.05, 3.63) is 28.7 Å². The summed E-state index contributed by atoms with van der Waals surface area (Å²) in [7, 11) is -3.92. The van der Waals surface area contributed by atoms with E-state index >= 15 is 0 Å². The highest BCUT2D eigenvalue weighted by Gasteiger charge is 2.14. The molecule has 0 saturated heterocycles. The monoisotopic (exact) mass is 247 g/mol. The van der Waals surface area contributed by atoms with Gasteiger partial charge in [-0.3, -0.25) is 14.4 Å². The SMILES string of the molecule is NC(=O)CONS(=O)(=O)c1ccc(=O)[nH]c1. The predicted molar refractivity (Wildman–Crippen MR) is 52.5 cm³/mol. The van der Waals surface area contributed by atoms with Gasteiger partial charge in [0.05, 0.1) is 0 Å². The lowest BCUT2D eigenvalue weighted by Gasteiger charge is -2.04. The zero-order valence-corrected chi connectivity index (χ0v) is 8.78. The quantitative estimate of drug-likeness (QED) is 0.521. The third kappa shape index (κ3) is 3.46. The van der Waals surface area contributed by atoms with E-state index in [1.807, 2.05) is 0 Å². The zero-order chi connectivity index (χ0) is 12.2. The number of aromatic amines is 1. The summed E-state index contributed by atoms with van der Waals surface area (Å²) in [5, 5.41) is 0. The maximum Gasteiger partial charge on any atom is 0.263 e.